The second kappa shape index (κ2) is 8.97. The lowest BCUT2D eigenvalue weighted by atomic mass is 10.1. The van der Waals surface area contributed by atoms with Crippen molar-refractivity contribution in [3.05, 3.63) is 35.9 Å². The van der Waals surface area contributed by atoms with Crippen LogP contribution in [0.5, 0.6) is 0 Å². The third-order valence-corrected chi connectivity index (χ3v) is 2.96. The Bertz CT molecular complexity index is 450. The smallest absolute Gasteiger partial charge is 0.326 e. The summed E-state index contributed by atoms with van der Waals surface area (Å²) in [7, 11) is 1.54. The van der Waals surface area contributed by atoms with Crippen molar-refractivity contribution < 1.29 is 19.4 Å². The molecule has 3 N–H and O–H groups in total. The molecule has 0 spiro atoms. The first-order valence-electron chi connectivity index (χ1n) is 6.85. The first-order valence-corrected chi connectivity index (χ1v) is 6.85. The number of carbonyl (C=O) groups excluding carboxylic acids is 1. The Morgan fingerprint density at radius 3 is 2.48 bits per heavy atom. The van der Waals surface area contributed by atoms with E-state index in [1.165, 1.54) is 7.11 Å². The number of amides is 2. The van der Waals surface area contributed by atoms with E-state index < -0.39 is 18.0 Å². The van der Waals surface area contributed by atoms with Gasteiger partial charge in [0.2, 0.25) is 0 Å². The Kier molecular flexibility index (Phi) is 7.25. The summed E-state index contributed by atoms with van der Waals surface area (Å²) in [6.45, 7) is 2.15. The molecule has 0 heterocycles. The van der Waals surface area contributed by atoms with Crippen molar-refractivity contribution in [3.8, 4) is 0 Å². The number of urea groups is 1. The van der Waals surface area contributed by atoms with Crippen LogP contribution in [-0.4, -0.2) is 42.9 Å². The monoisotopic (exact) mass is 294 g/mol. The van der Waals surface area contributed by atoms with Gasteiger partial charge in [-0.3, -0.25) is 0 Å². The molecule has 1 aromatic rings. The molecule has 6 nitrogen and oxygen atoms in total. The fourth-order valence-corrected chi connectivity index (χ4v) is 1.93. The van der Waals surface area contributed by atoms with E-state index in [0.717, 1.165) is 5.56 Å². The second-order valence-electron chi connectivity index (χ2n) is 4.89. The lowest BCUT2D eigenvalue weighted by Crippen LogP contribution is -2.49. The van der Waals surface area contributed by atoms with Crippen LogP contribution in [0.2, 0.25) is 0 Å². The fourth-order valence-electron chi connectivity index (χ4n) is 1.93. The summed E-state index contributed by atoms with van der Waals surface area (Å²) >= 11 is 0. The molecule has 0 saturated heterocycles. The zero-order valence-electron chi connectivity index (χ0n) is 12.3. The number of aliphatic carboxylic acids is 1. The van der Waals surface area contributed by atoms with Crippen LogP contribution >= 0.6 is 0 Å². The molecule has 2 atom stereocenters. The van der Waals surface area contributed by atoms with Crippen LogP contribution < -0.4 is 10.6 Å². The molecule has 21 heavy (non-hydrogen) atoms. The number of ether oxygens (including phenoxy) is 1. The molecule has 0 fully saturated rings. The van der Waals surface area contributed by atoms with Crippen LogP contribution in [0.1, 0.15) is 18.9 Å². The molecule has 0 bridgehead atoms. The van der Waals surface area contributed by atoms with Crippen molar-refractivity contribution in [3.63, 3.8) is 0 Å². The van der Waals surface area contributed by atoms with Gasteiger partial charge < -0.3 is 20.5 Å². The minimum atomic E-state index is -1.04. The molecule has 116 valence electrons. The van der Waals surface area contributed by atoms with Crippen molar-refractivity contribution in [2.24, 2.45) is 0 Å². The van der Waals surface area contributed by atoms with E-state index in [4.69, 9.17) is 4.74 Å². The molecule has 6 heteroatoms. The molecule has 0 radical (unpaired) electrons. The number of methoxy groups -OCH3 is 1. The zero-order valence-corrected chi connectivity index (χ0v) is 12.3. The first-order chi connectivity index (χ1) is 10.0. The number of carboxylic acid groups (broad SMARTS) is 1. The van der Waals surface area contributed by atoms with Gasteiger partial charge in [0, 0.05) is 7.11 Å². The van der Waals surface area contributed by atoms with Crippen molar-refractivity contribution in [1.82, 2.24) is 10.6 Å². The van der Waals surface area contributed by atoms with Gasteiger partial charge in [0.1, 0.15) is 6.04 Å². The van der Waals surface area contributed by atoms with Gasteiger partial charge in [0.05, 0.1) is 12.6 Å². The van der Waals surface area contributed by atoms with Gasteiger partial charge in [0.15, 0.2) is 0 Å². The van der Waals surface area contributed by atoms with Crippen LogP contribution in [0, 0.1) is 0 Å². The standard InChI is InChI=1S/C15H22N2O4/c1-11(10-21-2)16-15(20)17-13(14(18)19)9-8-12-6-4-3-5-7-12/h3-7,11,13H,8-10H2,1-2H3,(H,18,19)(H2,16,17,20)/t11?,13-/m0/s1. The minimum absolute atomic E-state index is 0.182. The number of benzene rings is 1. The Morgan fingerprint density at radius 2 is 1.90 bits per heavy atom. The highest BCUT2D eigenvalue weighted by molar-refractivity contribution is 5.82. The summed E-state index contributed by atoms with van der Waals surface area (Å²) in [5, 5.41) is 14.3. The Labute approximate surface area is 124 Å². The molecule has 0 saturated carbocycles. The highest BCUT2D eigenvalue weighted by atomic mass is 16.5. The van der Waals surface area contributed by atoms with Gasteiger partial charge in [-0.2, -0.15) is 0 Å². The largest absolute Gasteiger partial charge is 0.480 e. The van der Waals surface area contributed by atoms with Gasteiger partial charge in [-0.15, -0.1) is 0 Å². The van der Waals surface area contributed by atoms with Crippen molar-refractivity contribution >= 4 is 12.0 Å². The van der Waals surface area contributed by atoms with Crippen LogP contribution in [0.15, 0.2) is 30.3 Å². The van der Waals surface area contributed by atoms with Crippen LogP contribution in [0.25, 0.3) is 0 Å². The number of carboxylic acids is 1. The number of hydrogen-bond acceptors (Lipinski definition) is 3. The molecule has 0 aromatic heterocycles. The SMILES string of the molecule is COCC(C)NC(=O)N[C@@H](CCc1ccccc1)C(=O)O. The van der Waals surface area contributed by atoms with Gasteiger partial charge in [-0.1, -0.05) is 30.3 Å². The number of nitrogens with one attached hydrogen (secondary N) is 2. The van der Waals surface area contributed by atoms with E-state index in [0.29, 0.717) is 19.4 Å². The summed E-state index contributed by atoms with van der Waals surface area (Å²) in [4.78, 5) is 22.9. The molecular weight excluding hydrogens is 272 g/mol. The maximum absolute atomic E-state index is 11.7. The van der Waals surface area contributed by atoms with Crippen molar-refractivity contribution in [1.29, 1.82) is 0 Å². The average molecular weight is 294 g/mol. The van der Waals surface area contributed by atoms with Crippen molar-refractivity contribution in [2.45, 2.75) is 31.8 Å². The van der Waals surface area contributed by atoms with E-state index in [9.17, 15) is 14.7 Å². The lowest BCUT2D eigenvalue weighted by molar-refractivity contribution is -0.139. The summed E-state index contributed by atoms with van der Waals surface area (Å²) in [6, 6.07) is 7.97. The Morgan fingerprint density at radius 1 is 1.24 bits per heavy atom. The molecule has 2 amide bonds. The first kappa shape index (κ1) is 17.0. The van der Waals surface area contributed by atoms with E-state index in [-0.39, 0.29) is 6.04 Å². The van der Waals surface area contributed by atoms with Crippen molar-refractivity contribution in [2.75, 3.05) is 13.7 Å². The molecule has 0 aliphatic heterocycles. The summed E-state index contributed by atoms with van der Waals surface area (Å²) in [5.41, 5.74) is 1.04. The highest BCUT2D eigenvalue weighted by Crippen LogP contribution is 2.05. The summed E-state index contributed by atoms with van der Waals surface area (Å²) in [6.07, 6.45) is 0.928. The van der Waals surface area contributed by atoms with Crippen LogP contribution in [-0.2, 0) is 16.0 Å². The van der Waals surface area contributed by atoms with Gasteiger partial charge in [0.25, 0.3) is 0 Å². The minimum Gasteiger partial charge on any atom is -0.480 e. The van der Waals surface area contributed by atoms with Crippen LogP contribution in [0.4, 0.5) is 4.79 Å². The topological polar surface area (TPSA) is 87.7 Å². The van der Waals surface area contributed by atoms with Crippen LogP contribution in [0.3, 0.4) is 0 Å². The molecule has 0 aliphatic rings. The van der Waals surface area contributed by atoms with Gasteiger partial charge >= 0.3 is 12.0 Å². The third kappa shape index (κ3) is 6.76. The predicted molar refractivity (Wildman–Crippen MR) is 79.2 cm³/mol. The normalized spacial score (nSPS) is 13.2. The van der Waals surface area contributed by atoms with E-state index in [1.807, 2.05) is 30.3 Å². The number of carbonyl (C=O) groups is 2. The molecular formula is C15H22N2O4. The fraction of sp³-hybridized carbons (Fsp3) is 0.467. The second-order valence-corrected chi connectivity index (χ2v) is 4.89. The summed E-state index contributed by atoms with van der Waals surface area (Å²) < 4.78 is 4.90. The number of hydrogen-bond donors (Lipinski definition) is 3. The molecule has 1 aromatic carbocycles. The van der Waals surface area contributed by atoms with E-state index in [2.05, 4.69) is 10.6 Å². The Balaban J connectivity index is 2.46. The van der Waals surface area contributed by atoms with E-state index >= 15 is 0 Å². The predicted octanol–water partition coefficient (Wildman–Crippen LogP) is 1.41. The average Bonchev–Trinajstić information content (AvgIpc) is 2.44. The lowest BCUT2D eigenvalue weighted by Gasteiger charge is -2.18. The number of aryl methyl sites for hydroxylation is 1. The Hall–Kier alpha value is -2.08. The highest BCUT2D eigenvalue weighted by Gasteiger charge is 2.20. The molecule has 0 aliphatic carbocycles. The maximum Gasteiger partial charge on any atom is 0.326 e. The number of rotatable bonds is 8. The third-order valence-electron chi connectivity index (χ3n) is 2.96. The van der Waals surface area contributed by atoms with E-state index in [1.54, 1.807) is 6.92 Å². The summed E-state index contributed by atoms with van der Waals surface area (Å²) in [5.74, 6) is -1.04. The zero-order chi connectivity index (χ0) is 15.7. The maximum atomic E-state index is 11.7. The molecule has 1 unspecified atom stereocenters. The van der Waals surface area contributed by atoms with Gasteiger partial charge in [-0.25, -0.2) is 9.59 Å². The quantitative estimate of drug-likeness (QED) is 0.676. The molecule has 1 rings (SSSR count). The van der Waals surface area contributed by atoms with Gasteiger partial charge in [-0.05, 0) is 25.3 Å².